The lowest BCUT2D eigenvalue weighted by Crippen LogP contribution is -2.49. The fourth-order valence-electron chi connectivity index (χ4n) is 2.38. The summed E-state index contributed by atoms with van der Waals surface area (Å²) >= 11 is 0. The summed E-state index contributed by atoms with van der Waals surface area (Å²) in [5.41, 5.74) is 2.69. The summed E-state index contributed by atoms with van der Waals surface area (Å²) in [6, 6.07) is 7.09. The molecule has 1 aliphatic rings. The van der Waals surface area contributed by atoms with E-state index in [0.717, 1.165) is 38.2 Å². The summed E-state index contributed by atoms with van der Waals surface area (Å²) in [7, 11) is 1.74. The van der Waals surface area contributed by atoms with Crippen LogP contribution in [0.15, 0.2) is 18.2 Å². The van der Waals surface area contributed by atoms with Crippen molar-refractivity contribution in [1.82, 2.24) is 10.6 Å². The van der Waals surface area contributed by atoms with Crippen LogP contribution >= 0.6 is 0 Å². The lowest BCUT2D eigenvalue weighted by Gasteiger charge is -2.24. The minimum Gasteiger partial charge on any atom is -0.496 e. The SMILES string of the molecule is CCc1cc(CC2CNCCN2)ccc1OC. The minimum atomic E-state index is 0.557. The van der Waals surface area contributed by atoms with Crippen molar-refractivity contribution in [3.63, 3.8) is 0 Å². The molecule has 1 aromatic rings. The molecule has 0 amide bonds. The van der Waals surface area contributed by atoms with Gasteiger partial charge in [0.2, 0.25) is 0 Å². The lowest BCUT2D eigenvalue weighted by molar-refractivity contribution is 0.407. The van der Waals surface area contributed by atoms with E-state index in [9.17, 15) is 0 Å². The molecule has 1 aliphatic heterocycles. The van der Waals surface area contributed by atoms with Gasteiger partial charge in [-0.3, -0.25) is 0 Å². The van der Waals surface area contributed by atoms with E-state index in [2.05, 4.69) is 35.8 Å². The highest BCUT2D eigenvalue weighted by molar-refractivity contribution is 5.37. The standard InChI is InChI=1S/C14H22N2O/c1-3-12-8-11(4-5-14(12)17-2)9-13-10-15-6-7-16-13/h4-5,8,13,15-16H,3,6-7,9-10H2,1-2H3. The van der Waals surface area contributed by atoms with E-state index in [0.29, 0.717) is 6.04 Å². The monoisotopic (exact) mass is 234 g/mol. The Hall–Kier alpha value is -1.06. The normalized spacial score (nSPS) is 20.2. The summed E-state index contributed by atoms with van der Waals surface area (Å²) in [6.07, 6.45) is 2.11. The Labute approximate surface area is 104 Å². The van der Waals surface area contributed by atoms with Crippen LogP contribution in [-0.4, -0.2) is 32.8 Å². The van der Waals surface area contributed by atoms with E-state index in [1.165, 1.54) is 11.1 Å². The third-order valence-corrected chi connectivity index (χ3v) is 3.33. The Kier molecular flexibility index (Phi) is 4.40. The molecule has 1 atom stereocenters. The average molecular weight is 234 g/mol. The third-order valence-electron chi connectivity index (χ3n) is 3.33. The van der Waals surface area contributed by atoms with Gasteiger partial charge in [0, 0.05) is 25.7 Å². The van der Waals surface area contributed by atoms with Gasteiger partial charge in [0.15, 0.2) is 0 Å². The van der Waals surface area contributed by atoms with Gasteiger partial charge < -0.3 is 15.4 Å². The molecule has 2 N–H and O–H groups in total. The second kappa shape index (κ2) is 6.03. The van der Waals surface area contributed by atoms with Crippen molar-refractivity contribution in [3.05, 3.63) is 29.3 Å². The van der Waals surface area contributed by atoms with Crippen LogP contribution in [0.25, 0.3) is 0 Å². The zero-order valence-electron chi connectivity index (χ0n) is 10.8. The molecular formula is C14H22N2O. The molecule has 1 heterocycles. The smallest absolute Gasteiger partial charge is 0.122 e. The van der Waals surface area contributed by atoms with Crippen LogP contribution in [0, 0.1) is 0 Å². The summed E-state index contributed by atoms with van der Waals surface area (Å²) in [6.45, 7) is 5.39. The van der Waals surface area contributed by atoms with Crippen LogP contribution in [0.4, 0.5) is 0 Å². The number of hydrogen-bond donors (Lipinski definition) is 2. The predicted molar refractivity (Wildman–Crippen MR) is 70.7 cm³/mol. The highest BCUT2D eigenvalue weighted by atomic mass is 16.5. The zero-order valence-corrected chi connectivity index (χ0v) is 10.8. The molecule has 1 aromatic carbocycles. The van der Waals surface area contributed by atoms with Crippen molar-refractivity contribution in [1.29, 1.82) is 0 Å². The van der Waals surface area contributed by atoms with Gasteiger partial charge in [0.05, 0.1) is 7.11 Å². The van der Waals surface area contributed by atoms with Crippen LogP contribution in [0.3, 0.4) is 0 Å². The Balaban J connectivity index is 2.05. The van der Waals surface area contributed by atoms with Gasteiger partial charge in [-0.2, -0.15) is 0 Å². The lowest BCUT2D eigenvalue weighted by atomic mass is 10.0. The van der Waals surface area contributed by atoms with E-state index in [1.807, 2.05) is 0 Å². The first-order valence-corrected chi connectivity index (χ1v) is 6.43. The van der Waals surface area contributed by atoms with Crippen molar-refractivity contribution in [2.75, 3.05) is 26.7 Å². The molecule has 0 aromatic heterocycles. The summed E-state index contributed by atoms with van der Waals surface area (Å²) in [5.74, 6) is 1.01. The largest absolute Gasteiger partial charge is 0.496 e. The minimum absolute atomic E-state index is 0.557. The number of piperazine rings is 1. The maximum absolute atomic E-state index is 5.35. The average Bonchev–Trinajstić information content (AvgIpc) is 2.40. The molecule has 0 bridgehead atoms. The van der Waals surface area contributed by atoms with Crippen LogP contribution < -0.4 is 15.4 Å². The molecule has 1 saturated heterocycles. The Morgan fingerprint density at radius 2 is 2.24 bits per heavy atom. The van der Waals surface area contributed by atoms with Gasteiger partial charge in [-0.15, -0.1) is 0 Å². The Bertz CT molecular complexity index is 359. The van der Waals surface area contributed by atoms with Crippen molar-refractivity contribution in [2.24, 2.45) is 0 Å². The molecule has 0 saturated carbocycles. The van der Waals surface area contributed by atoms with Crippen molar-refractivity contribution in [3.8, 4) is 5.75 Å². The van der Waals surface area contributed by atoms with Gasteiger partial charge in [-0.05, 0) is 30.0 Å². The van der Waals surface area contributed by atoms with Crippen molar-refractivity contribution < 1.29 is 4.74 Å². The molecule has 2 rings (SSSR count). The first-order chi connectivity index (χ1) is 8.33. The van der Waals surface area contributed by atoms with E-state index >= 15 is 0 Å². The third kappa shape index (κ3) is 3.20. The van der Waals surface area contributed by atoms with Gasteiger partial charge in [-0.25, -0.2) is 0 Å². The first kappa shape index (κ1) is 12.4. The van der Waals surface area contributed by atoms with Gasteiger partial charge >= 0.3 is 0 Å². The summed E-state index contributed by atoms with van der Waals surface area (Å²) < 4.78 is 5.35. The second-order valence-corrected chi connectivity index (χ2v) is 4.56. The van der Waals surface area contributed by atoms with Crippen LogP contribution in [0.2, 0.25) is 0 Å². The summed E-state index contributed by atoms with van der Waals surface area (Å²) in [4.78, 5) is 0. The fraction of sp³-hybridized carbons (Fsp3) is 0.571. The number of ether oxygens (including phenoxy) is 1. The number of benzene rings is 1. The number of aryl methyl sites for hydroxylation is 1. The predicted octanol–water partition coefficient (Wildman–Crippen LogP) is 1.36. The van der Waals surface area contributed by atoms with E-state index in [-0.39, 0.29) is 0 Å². The van der Waals surface area contributed by atoms with Crippen LogP contribution in [0.5, 0.6) is 5.75 Å². The van der Waals surface area contributed by atoms with Gasteiger partial charge in [-0.1, -0.05) is 19.1 Å². The highest BCUT2D eigenvalue weighted by Crippen LogP contribution is 2.21. The first-order valence-electron chi connectivity index (χ1n) is 6.43. The van der Waals surface area contributed by atoms with Gasteiger partial charge in [0.25, 0.3) is 0 Å². The zero-order chi connectivity index (χ0) is 12.1. The molecule has 1 unspecified atom stereocenters. The highest BCUT2D eigenvalue weighted by Gasteiger charge is 2.13. The number of methoxy groups -OCH3 is 1. The fourth-order valence-corrected chi connectivity index (χ4v) is 2.38. The molecule has 0 spiro atoms. The van der Waals surface area contributed by atoms with E-state index < -0.39 is 0 Å². The van der Waals surface area contributed by atoms with E-state index in [1.54, 1.807) is 7.11 Å². The molecule has 94 valence electrons. The van der Waals surface area contributed by atoms with Gasteiger partial charge in [0.1, 0.15) is 5.75 Å². The summed E-state index contributed by atoms with van der Waals surface area (Å²) in [5, 5.41) is 6.96. The number of nitrogens with one attached hydrogen (secondary N) is 2. The molecule has 0 aliphatic carbocycles. The Morgan fingerprint density at radius 1 is 1.35 bits per heavy atom. The molecule has 3 heteroatoms. The quantitative estimate of drug-likeness (QED) is 0.825. The molecule has 3 nitrogen and oxygen atoms in total. The van der Waals surface area contributed by atoms with Crippen molar-refractivity contribution in [2.45, 2.75) is 25.8 Å². The molecule has 1 fully saturated rings. The molecular weight excluding hydrogens is 212 g/mol. The number of hydrogen-bond acceptors (Lipinski definition) is 3. The van der Waals surface area contributed by atoms with Crippen LogP contribution in [-0.2, 0) is 12.8 Å². The van der Waals surface area contributed by atoms with E-state index in [4.69, 9.17) is 4.74 Å². The molecule has 0 radical (unpaired) electrons. The van der Waals surface area contributed by atoms with Crippen molar-refractivity contribution >= 4 is 0 Å². The Morgan fingerprint density at radius 3 is 2.88 bits per heavy atom. The number of rotatable bonds is 4. The molecule has 17 heavy (non-hydrogen) atoms. The van der Waals surface area contributed by atoms with Crippen LogP contribution in [0.1, 0.15) is 18.1 Å². The maximum Gasteiger partial charge on any atom is 0.122 e. The second-order valence-electron chi connectivity index (χ2n) is 4.56. The topological polar surface area (TPSA) is 33.3 Å². The maximum atomic E-state index is 5.35.